The van der Waals surface area contributed by atoms with Crippen molar-refractivity contribution in [1.82, 2.24) is 0 Å². The van der Waals surface area contributed by atoms with E-state index in [0.717, 1.165) is 6.42 Å². The average Bonchev–Trinajstić information content (AvgIpc) is 2.40. The van der Waals surface area contributed by atoms with Gasteiger partial charge in [-0.05, 0) is 42.2 Å². The van der Waals surface area contributed by atoms with Crippen molar-refractivity contribution in [1.29, 1.82) is 0 Å². The molecular formula is C17H16Cl2O. The molecule has 0 spiro atoms. The molecule has 0 aliphatic heterocycles. The number of halogens is 2. The normalized spacial score (nSPS) is 10.8. The van der Waals surface area contributed by atoms with Crippen molar-refractivity contribution >= 4 is 29.0 Å². The van der Waals surface area contributed by atoms with Gasteiger partial charge in [-0.15, -0.1) is 0 Å². The van der Waals surface area contributed by atoms with Gasteiger partial charge in [0.2, 0.25) is 0 Å². The Morgan fingerprint density at radius 3 is 2.35 bits per heavy atom. The van der Waals surface area contributed by atoms with E-state index < -0.39 is 0 Å². The number of hydrogen-bond acceptors (Lipinski definition) is 1. The van der Waals surface area contributed by atoms with Crippen LogP contribution in [0.1, 0.15) is 35.3 Å². The first-order chi connectivity index (χ1) is 9.47. The maximum absolute atomic E-state index is 12.4. The fourth-order valence-electron chi connectivity index (χ4n) is 2.11. The first-order valence-corrected chi connectivity index (χ1v) is 7.31. The summed E-state index contributed by atoms with van der Waals surface area (Å²) in [6.45, 7) is 4.32. The summed E-state index contributed by atoms with van der Waals surface area (Å²) in [6.07, 6.45) is 0.961. The van der Waals surface area contributed by atoms with Crippen LogP contribution in [-0.2, 0) is 6.42 Å². The largest absolute Gasteiger partial charge is 0.289 e. The van der Waals surface area contributed by atoms with Crippen LogP contribution in [0.4, 0.5) is 0 Å². The van der Waals surface area contributed by atoms with Crippen molar-refractivity contribution in [3.8, 4) is 0 Å². The fraction of sp³-hybridized carbons (Fsp3) is 0.235. The summed E-state index contributed by atoms with van der Waals surface area (Å²) in [5.74, 6) is 0.527. The molecule has 2 aromatic carbocycles. The minimum atomic E-state index is -0.0332. The quantitative estimate of drug-likeness (QED) is 0.689. The van der Waals surface area contributed by atoms with E-state index in [2.05, 4.69) is 13.8 Å². The van der Waals surface area contributed by atoms with Crippen LogP contribution < -0.4 is 0 Å². The minimum absolute atomic E-state index is 0.0332. The molecule has 104 valence electrons. The molecular weight excluding hydrogens is 291 g/mol. The lowest BCUT2D eigenvalue weighted by Crippen LogP contribution is -2.03. The molecule has 0 aromatic heterocycles. The molecule has 0 fully saturated rings. The van der Waals surface area contributed by atoms with Gasteiger partial charge in [-0.25, -0.2) is 0 Å². The second-order valence-corrected chi connectivity index (χ2v) is 6.07. The van der Waals surface area contributed by atoms with E-state index in [4.69, 9.17) is 23.2 Å². The molecule has 20 heavy (non-hydrogen) atoms. The number of ketones is 1. The highest BCUT2D eigenvalue weighted by Crippen LogP contribution is 2.24. The minimum Gasteiger partial charge on any atom is -0.289 e. The Morgan fingerprint density at radius 1 is 1.00 bits per heavy atom. The maximum Gasteiger partial charge on any atom is 0.193 e. The van der Waals surface area contributed by atoms with E-state index in [9.17, 15) is 4.79 Å². The smallest absolute Gasteiger partial charge is 0.193 e. The Bertz CT molecular complexity index is 633. The monoisotopic (exact) mass is 306 g/mol. The molecule has 0 aliphatic carbocycles. The summed E-state index contributed by atoms with van der Waals surface area (Å²) < 4.78 is 0. The van der Waals surface area contributed by atoms with Gasteiger partial charge in [0.05, 0.1) is 10.0 Å². The van der Waals surface area contributed by atoms with Gasteiger partial charge >= 0.3 is 0 Å². The number of hydrogen-bond donors (Lipinski definition) is 0. The summed E-state index contributed by atoms with van der Waals surface area (Å²) >= 11 is 11.8. The van der Waals surface area contributed by atoms with E-state index in [1.54, 1.807) is 18.2 Å². The van der Waals surface area contributed by atoms with Crippen molar-refractivity contribution in [2.45, 2.75) is 20.3 Å². The van der Waals surface area contributed by atoms with E-state index in [-0.39, 0.29) is 5.78 Å². The van der Waals surface area contributed by atoms with Gasteiger partial charge in [-0.2, -0.15) is 0 Å². The molecule has 0 atom stereocenters. The van der Waals surface area contributed by atoms with Gasteiger partial charge in [0.1, 0.15) is 0 Å². The summed E-state index contributed by atoms with van der Waals surface area (Å²) in [7, 11) is 0. The number of rotatable bonds is 4. The Balaban J connectivity index is 2.30. The molecule has 0 aliphatic rings. The number of carbonyl (C=O) groups excluding carboxylic acids is 1. The zero-order valence-corrected chi connectivity index (χ0v) is 13.0. The van der Waals surface area contributed by atoms with Gasteiger partial charge in [-0.3, -0.25) is 4.79 Å². The molecule has 1 nitrogen and oxygen atoms in total. The molecule has 0 saturated carbocycles. The van der Waals surface area contributed by atoms with E-state index >= 15 is 0 Å². The van der Waals surface area contributed by atoms with E-state index in [0.29, 0.717) is 27.1 Å². The second kappa shape index (κ2) is 6.43. The van der Waals surface area contributed by atoms with Crippen LogP contribution in [0.15, 0.2) is 42.5 Å². The van der Waals surface area contributed by atoms with Gasteiger partial charge in [-0.1, -0.05) is 55.2 Å². The highest BCUT2D eigenvalue weighted by atomic mass is 35.5. The van der Waals surface area contributed by atoms with Gasteiger partial charge in [0.25, 0.3) is 0 Å². The third kappa shape index (κ3) is 3.62. The maximum atomic E-state index is 12.4. The van der Waals surface area contributed by atoms with Crippen LogP contribution in [0.3, 0.4) is 0 Å². The Kier molecular flexibility index (Phi) is 4.85. The predicted octanol–water partition coefficient (Wildman–Crippen LogP) is 5.42. The highest BCUT2D eigenvalue weighted by molar-refractivity contribution is 6.42. The van der Waals surface area contributed by atoms with Crippen LogP contribution in [0, 0.1) is 5.92 Å². The van der Waals surface area contributed by atoms with E-state index in [1.165, 1.54) is 5.56 Å². The fourth-order valence-corrected chi connectivity index (χ4v) is 2.41. The molecule has 2 rings (SSSR count). The summed E-state index contributed by atoms with van der Waals surface area (Å²) in [6, 6.07) is 12.7. The van der Waals surface area contributed by atoms with Crippen molar-refractivity contribution in [3.63, 3.8) is 0 Å². The third-order valence-corrected chi connectivity index (χ3v) is 3.75. The van der Waals surface area contributed by atoms with Crippen molar-refractivity contribution < 1.29 is 4.79 Å². The second-order valence-electron chi connectivity index (χ2n) is 5.26. The lowest BCUT2D eigenvalue weighted by molar-refractivity contribution is 0.103. The standard InChI is InChI=1S/C17H16Cl2O/c1-11(2)8-12-4-3-5-13(9-12)17(20)14-6-7-15(18)16(19)10-14/h3-7,9-11H,8H2,1-2H3. The molecule has 0 saturated heterocycles. The SMILES string of the molecule is CC(C)Cc1cccc(C(=O)c2ccc(Cl)c(Cl)c2)c1. The van der Waals surface area contributed by atoms with Crippen molar-refractivity contribution in [2.75, 3.05) is 0 Å². The molecule has 0 unspecified atom stereocenters. The highest BCUT2D eigenvalue weighted by Gasteiger charge is 2.11. The lowest BCUT2D eigenvalue weighted by Gasteiger charge is -2.07. The van der Waals surface area contributed by atoms with E-state index in [1.807, 2.05) is 24.3 Å². The predicted molar refractivity (Wildman–Crippen MR) is 84.9 cm³/mol. The van der Waals surface area contributed by atoms with Crippen molar-refractivity contribution in [3.05, 3.63) is 69.2 Å². The average molecular weight is 307 g/mol. The van der Waals surface area contributed by atoms with Gasteiger partial charge in [0, 0.05) is 11.1 Å². The van der Waals surface area contributed by atoms with Crippen LogP contribution >= 0.6 is 23.2 Å². The molecule has 3 heteroatoms. The molecule has 0 bridgehead atoms. The summed E-state index contributed by atoms with van der Waals surface area (Å²) in [5, 5.41) is 0.854. The molecule has 2 aromatic rings. The molecule has 0 amide bonds. The van der Waals surface area contributed by atoms with Crippen LogP contribution in [0.5, 0.6) is 0 Å². The zero-order valence-electron chi connectivity index (χ0n) is 11.5. The molecule has 0 heterocycles. The summed E-state index contributed by atoms with van der Waals surface area (Å²) in [4.78, 5) is 12.4. The number of carbonyl (C=O) groups is 1. The van der Waals surface area contributed by atoms with Crippen LogP contribution in [0.25, 0.3) is 0 Å². The first-order valence-electron chi connectivity index (χ1n) is 6.56. The van der Waals surface area contributed by atoms with Crippen molar-refractivity contribution in [2.24, 2.45) is 5.92 Å². The third-order valence-electron chi connectivity index (χ3n) is 3.01. The van der Waals surface area contributed by atoms with Crippen LogP contribution in [-0.4, -0.2) is 5.78 Å². The van der Waals surface area contributed by atoms with Crippen LogP contribution in [0.2, 0.25) is 10.0 Å². The molecule has 0 radical (unpaired) electrons. The Hall–Kier alpha value is -1.31. The molecule has 0 N–H and O–H groups in total. The van der Waals surface area contributed by atoms with Gasteiger partial charge in [0.15, 0.2) is 5.78 Å². The lowest BCUT2D eigenvalue weighted by atomic mass is 9.97. The first kappa shape index (κ1) is 15.1. The topological polar surface area (TPSA) is 17.1 Å². The Morgan fingerprint density at radius 2 is 1.70 bits per heavy atom. The zero-order chi connectivity index (χ0) is 14.7. The Labute approximate surface area is 129 Å². The summed E-state index contributed by atoms with van der Waals surface area (Å²) in [5.41, 5.74) is 2.41. The van der Waals surface area contributed by atoms with Gasteiger partial charge < -0.3 is 0 Å². The number of benzene rings is 2.